The van der Waals surface area contributed by atoms with E-state index in [0.29, 0.717) is 43.5 Å². The molecule has 0 radical (unpaired) electrons. The summed E-state index contributed by atoms with van der Waals surface area (Å²) in [5, 5.41) is 6.92. The van der Waals surface area contributed by atoms with Crippen molar-refractivity contribution in [3.8, 4) is 22.9 Å². The van der Waals surface area contributed by atoms with Crippen LogP contribution in [0.2, 0.25) is 0 Å². The molecule has 7 nitrogen and oxygen atoms in total. The van der Waals surface area contributed by atoms with Crippen LogP contribution in [0.15, 0.2) is 53.1 Å². The maximum Gasteiger partial charge on any atom is 0.228 e. The molecule has 4 rings (SSSR count). The third-order valence-corrected chi connectivity index (χ3v) is 4.68. The highest BCUT2D eigenvalue weighted by atomic mass is 16.5. The molecule has 1 atom stereocenters. The van der Waals surface area contributed by atoms with Crippen molar-refractivity contribution in [3.05, 3.63) is 60.0 Å². The van der Waals surface area contributed by atoms with Crippen LogP contribution in [0.4, 0.5) is 0 Å². The topological polar surface area (TPSA) is 86.5 Å². The van der Waals surface area contributed by atoms with E-state index in [1.807, 2.05) is 48.5 Å². The Balaban J connectivity index is 1.30. The van der Waals surface area contributed by atoms with Crippen molar-refractivity contribution in [2.24, 2.45) is 5.92 Å². The second-order valence-electron chi connectivity index (χ2n) is 6.58. The Bertz CT molecular complexity index is 955. The van der Waals surface area contributed by atoms with Crippen molar-refractivity contribution in [1.82, 2.24) is 15.5 Å². The highest BCUT2D eigenvalue weighted by Gasteiger charge is 2.27. The first-order valence-electron chi connectivity index (χ1n) is 9.19. The molecule has 7 heteroatoms. The Morgan fingerprint density at radius 3 is 2.89 bits per heavy atom. The van der Waals surface area contributed by atoms with Crippen molar-refractivity contribution < 1.29 is 18.8 Å². The van der Waals surface area contributed by atoms with E-state index in [1.54, 1.807) is 7.11 Å². The number of aromatic nitrogens is 2. The summed E-state index contributed by atoms with van der Waals surface area (Å²) in [6.45, 7) is 0.759. The molecule has 1 aliphatic heterocycles. The minimum atomic E-state index is -0.234. The lowest BCUT2D eigenvalue weighted by atomic mass is 9.95. The predicted octanol–water partition coefficient (Wildman–Crippen LogP) is 2.66. The summed E-state index contributed by atoms with van der Waals surface area (Å²) in [6.07, 6.45) is 1.10. The van der Waals surface area contributed by atoms with Crippen LogP contribution in [-0.2, 0) is 17.6 Å². The molecule has 1 aromatic heterocycles. The lowest BCUT2D eigenvalue weighted by molar-refractivity contribution is -0.126. The number of fused-ring (bicyclic) bond motifs is 1. The van der Waals surface area contributed by atoms with Gasteiger partial charge in [-0.2, -0.15) is 4.98 Å². The number of para-hydroxylation sites is 1. The van der Waals surface area contributed by atoms with Crippen LogP contribution in [0.5, 0.6) is 11.5 Å². The number of amides is 1. The van der Waals surface area contributed by atoms with Crippen LogP contribution in [-0.4, -0.2) is 36.3 Å². The lowest BCUT2D eigenvalue weighted by Gasteiger charge is -2.25. The van der Waals surface area contributed by atoms with Gasteiger partial charge in [0.1, 0.15) is 6.61 Å². The fraction of sp³-hybridized carbons (Fsp3) is 0.286. The van der Waals surface area contributed by atoms with Crippen LogP contribution in [0.25, 0.3) is 11.4 Å². The molecule has 28 heavy (non-hydrogen) atoms. The average Bonchev–Trinajstić information content (AvgIpc) is 3.22. The molecule has 1 N–H and O–H groups in total. The van der Waals surface area contributed by atoms with Gasteiger partial charge in [0.05, 0.1) is 13.0 Å². The minimum Gasteiger partial charge on any atom is -0.493 e. The van der Waals surface area contributed by atoms with Crippen molar-refractivity contribution in [3.63, 3.8) is 0 Å². The molecule has 0 unspecified atom stereocenters. The quantitative estimate of drug-likeness (QED) is 0.709. The van der Waals surface area contributed by atoms with Crippen LogP contribution < -0.4 is 14.8 Å². The molecule has 0 saturated carbocycles. The summed E-state index contributed by atoms with van der Waals surface area (Å²) in [6, 6.07) is 15.3. The molecule has 144 valence electrons. The van der Waals surface area contributed by atoms with Gasteiger partial charge in [-0.15, -0.1) is 0 Å². The zero-order valence-electron chi connectivity index (χ0n) is 15.6. The van der Waals surface area contributed by atoms with Crippen LogP contribution in [0.1, 0.15) is 11.5 Å². The monoisotopic (exact) mass is 379 g/mol. The Hall–Kier alpha value is -3.35. The van der Waals surface area contributed by atoms with Crippen molar-refractivity contribution >= 4 is 5.91 Å². The number of hydrogen-bond acceptors (Lipinski definition) is 6. The lowest BCUT2D eigenvalue weighted by Crippen LogP contribution is -2.38. The highest BCUT2D eigenvalue weighted by molar-refractivity contribution is 5.79. The maximum absolute atomic E-state index is 12.5. The molecule has 0 fully saturated rings. The fourth-order valence-corrected chi connectivity index (χ4v) is 3.22. The Labute approximate surface area is 162 Å². The molecule has 0 aliphatic carbocycles. The van der Waals surface area contributed by atoms with Gasteiger partial charge in [-0.05, 0) is 18.1 Å². The van der Waals surface area contributed by atoms with E-state index in [1.165, 1.54) is 0 Å². The van der Waals surface area contributed by atoms with E-state index < -0.39 is 0 Å². The van der Waals surface area contributed by atoms with E-state index in [-0.39, 0.29) is 11.8 Å². The Kier molecular flexibility index (Phi) is 5.23. The van der Waals surface area contributed by atoms with Gasteiger partial charge >= 0.3 is 0 Å². The number of nitrogens with zero attached hydrogens (tertiary/aromatic N) is 2. The van der Waals surface area contributed by atoms with Crippen molar-refractivity contribution in [1.29, 1.82) is 0 Å². The first kappa shape index (κ1) is 18.0. The van der Waals surface area contributed by atoms with E-state index in [4.69, 9.17) is 14.0 Å². The van der Waals surface area contributed by atoms with Gasteiger partial charge in [-0.3, -0.25) is 4.79 Å². The minimum absolute atomic E-state index is 0.0451. The maximum atomic E-state index is 12.5. The van der Waals surface area contributed by atoms with Crippen LogP contribution in [0, 0.1) is 5.92 Å². The average molecular weight is 379 g/mol. The molecule has 2 aromatic carbocycles. The van der Waals surface area contributed by atoms with Crippen LogP contribution in [0.3, 0.4) is 0 Å². The van der Waals surface area contributed by atoms with Crippen molar-refractivity contribution in [2.75, 3.05) is 20.3 Å². The molecule has 2 heterocycles. The van der Waals surface area contributed by atoms with Gasteiger partial charge < -0.3 is 19.3 Å². The molecule has 0 saturated heterocycles. The number of hydrogen-bond donors (Lipinski definition) is 1. The van der Waals surface area contributed by atoms with Gasteiger partial charge in [-0.25, -0.2) is 0 Å². The molecule has 0 bridgehead atoms. The zero-order valence-corrected chi connectivity index (χ0v) is 15.6. The number of methoxy groups -OCH3 is 1. The van der Waals surface area contributed by atoms with E-state index in [9.17, 15) is 4.79 Å². The number of ether oxygens (including phenoxy) is 2. The third kappa shape index (κ3) is 3.83. The second-order valence-corrected chi connectivity index (χ2v) is 6.58. The predicted molar refractivity (Wildman–Crippen MR) is 102 cm³/mol. The first-order valence-corrected chi connectivity index (χ1v) is 9.19. The van der Waals surface area contributed by atoms with Gasteiger partial charge in [0.25, 0.3) is 0 Å². The number of carbonyl (C=O) groups is 1. The first-order chi connectivity index (χ1) is 13.7. The molecular formula is C21H21N3O4. The Morgan fingerprint density at radius 2 is 2.07 bits per heavy atom. The van der Waals surface area contributed by atoms with Crippen molar-refractivity contribution in [2.45, 2.75) is 12.8 Å². The number of carbonyl (C=O) groups excluding carboxylic acids is 1. The largest absolute Gasteiger partial charge is 0.493 e. The van der Waals surface area contributed by atoms with Gasteiger partial charge in [-0.1, -0.05) is 47.6 Å². The summed E-state index contributed by atoms with van der Waals surface area (Å²) in [5.74, 6) is 2.19. The Morgan fingerprint density at radius 1 is 1.21 bits per heavy atom. The summed E-state index contributed by atoms with van der Waals surface area (Å²) in [5.41, 5.74) is 1.88. The normalized spacial score (nSPS) is 15.4. The standard InChI is InChI=1S/C21H21N3O4/c1-26-17-9-5-8-15-12-16(13-27-19(15)17)21(25)22-11-10-18-23-20(24-28-18)14-6-3-2-4-7-14/h2-9,16H,10-13H2,1H3,(H,22,25)/t16-/m1/s1. The molecular weight excluding hydrogens is 358 g/mol. The molecule has 3 aromatic rings. The number of rotatable bonds is 6. The van der Waals surface area contributed by atoms with Gasteiger partial charge in [0, 0.05) is 18.5 Å². The van der Waals surface area contributed by atoms with E-state index >= 15 is 0 Å². The summed E-state index contributed by atoms with van der Waals surface area (Å²) in [7, 11) is 1.61. The number of benzene rings is 2. The SMILES string of the molecule is COc1cccc2c1OC[C@H](C(=O)NCCc1nc(-c3ccccc3)no1)C2. The fourth-order valence-electron chi connectivity index (χ4n) is 3.22. The highest BCUT2D eigenvalue weighted by Crippen LogP contribution is 2.36. The number of nitrogens with one attached hydrogen (secondary N) is 1. The summed E-state index contributed by atoms with van der Waals surface area (Å²) < 4.78 is 16.3. The second kappa shape index (κ2) is 8.12. The van der Waals surface area contributed by atoms with Gasteiger partial charge in [0.15, 0.2) is 11.5 Å². The summed E-state index contributed by atoms with van der Waals surface area (Å²) in [4.78, 5) is 16.9. The van der Waals surface area contributed by atoms with Crippen LogP contribution >= 0.6 is 0 Å². The molecule has 1 amide bonds. The third-order valence-electron chi connectivity index (χ3n) is 4.68. The summed E-state index contributed by atoms with van der Waals surface area (Å²) >= 11 is 0. The zero-order chi connectivity index (χ0) is 19.3. The molecule has 0 spiro atoms. The smallest absolute Gasteiger partial charge is 0.228 e. The van der Waals surface area contributed by atoms with E-state index in [2.05, 4.69) is 15.5 Å². The van der Waals surface area contributed by atoms with Gasteiger partial charge in [0.2, 0.25) is 17.6 Å². The van der Waals surface area contributed by atoms with E-state index in [0.717, 1.165) is 16.9 Å². The molecule has 1 aliphatic rings.